The third-order valence-corrected chi connectivity index (χ3v) is 3.66. The molecular weight excluding hydrogens is 296 g/mol. The molecule has 2 rings (SSSR count). The van der Waals surface area contributed by atoms with Crippen LogP contribution in [0.4, 0.5) is 0 Å². The number of rotatable bonds is 6. The molecule has 6 nitrogen and oxygen atoms in total. The number of aromatic nitrogens is 2. The van der Waals surface area contributed by atoms with E-state index < -0.39 is 11.2 Å². The van der Waals surface area contributed by atoms with E-state index in [9.17, 15) is 14.8 Å². The van der Waals surface area contributed by atoms with Crippen LogP contribution in [0.5, 0.6) is 0 Å². The molecule has 0 bridgehead atoms. The number of benzene rings is 1. The van der Waals surface area contributed by atoms with Gasteiger partial charge in [0, 0.05) is 24.3 Å². The zero-order chi connectivity index (χ0) is 17.0. The number of ether oxygens (including phenoxy) is 1. The lowest BCUT2D eigenvalue weighted by molar-refractivity contribution is 0.0690. The van der Waals surface area contributed by atoms with Crippen LogP contribution in [0.25, 0.3) is 0 Å². The average molecular weight is 318 g/mol. The van der Waals surface area contributed by atoms with Crippen LogP contribution in [0.2, 0.25) is 0 Å². The highest BCUT2D eigenvalue weighted by atomic mass is 16.5. The van der Waals surface area contributed by atoms with Crippen molar-refractivity contribution < 1.29 is 9.94 Å². The maximum atomic E-state index is 12.4. The number of nitrogens with zero attached hydrogens (tertiary/aromatic N) is 2. The van der Waals surface area contributed by atoms with E-state index in [2.05, 4.69) is 0 Å². The smallest absolute Gasteiger partial charge is 0.366 e. The highest BCUT2D eigenvalue weighted by molar-refractivity contribution is 5.29. The van der Waals surface area contributed by atoms with Gasteiger partial charge in [-0.05, 0) is 18.4 Å². The molecule has 1 aromatic heterocycles. The molecule has 0 unspecified atom stereocenters. The third-order valence-electron chi connectivity index (χ3n) is 3.66. The summed E-state index contributed by atoms with van der Waals surface area (Å²) in [6, 6.07) is 9.48. The molecular formula is C17H22N2O4. The van der Waals surface area contributed by atoms with Gasteiger partial charge in [-0.2, -0.15) is 0 Å². The fraction of sp³-hybridized carbons (Fsp3) is 0.412. The molecule has 0 atom stereocenters. The molecule has 0 saturated heterocycles. The zero-order valence-electron chi connectivity index (χ0n) is 13.7. The van der Waals surface area contributed by atoms with Crippen LogP contribution in [-0.2, 0) is 17.9 Å². The summed E-state index contributed by atoms with van der Waals surface area (Å²) >= 11 is 0. The van der Waals surface area contributed by atoms with E-state index in [1.54, 1.807) is 0 Å². The van der Waals surface area contributed by atoms with E-state index in [4.69, 9.17) is 4.74 Å². The molecule has 0 aliphatic heterocycles. The molecule has 0 aliphatic rings. The quantitative estimate of drug-likeness (QED) is 0.826. The number of hydrogen-bond acceptors (Lipinski definition) is 4. The summed E-state index contributed by atoms with van der Waals surface area (Å²) < 4.78 is 6.82. The van der Waals surface area contributed by atoms with Gasteiger partial charge >= 0.3 is 5.69 Å². The molecule has 23 heavy (non-hydrogen) atoms. The standard InChI is InChI=1S/C17H22N2O4/c1-4-23-11-18-15(12(2)3)14(16(20)19(22)17(18)21)10-13-8-6-5-7-9-13/h5-9,12,22H,4,10-11H2,1-3H3. The van der Waals surface area contributed by atoms with Gasteiger partial charge in [-0.25, -0.2) is 4.79 Å². The van der Waals surface area contributed by atoms with Crippen molar-refractivity contribution in [2.24, 2.45) is 0 Å². The second kappa shape index (κ2) is 7.28. The van der Waals surface area contributed by atoms with Gasteiger partial charge in [0.25, 0.3) is 5.56 Å². The summed E-state index contributed by atoms with van der Waals surface area (Å²) in [4.78, 5) is 24.6. The number of hydrogen-bond donors (Lipinski definition) is 1. The third kappa shape index (κ3) is 3.53. The van der Waals surface area contributed by atoms with Gasteiger partial charge in [0.15, 0.2) is 0 Å². The molecule has 0 amide bonds. The van der Waals surface area contributed by atoms with Crippen molar-refractivity contribution in [3.05, 3.63) is 68.0 Å². The van der Waals surface area contributed by atoms with Crippen LogP contribution >= 0.6 is 0 Å². The summed E-state index contributed by atoms with van der Waals surface area (Å²) in [5, 5.41) is 9.87. The fourth-order valence-electron chi connectivity index (χ4n) is 2.64. The van der Waals surface area contributed by atoms with Crippen molar-refractivity contribution in [3.8, 4) is 0 Å². The highest BCUT2D eigenvalue weighted by Crippen LogP contribution is 2.18. The van der Waals surface area contributed by atoms with Crippen LogP contribution in [0.15, 0.2) is 39.9 Å². The van der Waals surface area contributed by atoms with E-state index in [0.29, 0.717) is 24.3 Å². The van der Waals surface area contributed by atoms with Gasteiger partial charge in [-0.3, -0.25) is 9.36 Å². The Labute approximate surface area is 134 Å². The van der Waals surface area contributed by atoms with Crippen LogP contribution in [0.1, 0.15) is 43.5 Å². The molecule has 0 saturated carbocycles. The van der Waals surface area contributed by atoms with Gasteiger partial charge < -0.3 is 9.94 Å². The Bertz CT molecular complexity index is 776. The topological polar surface area (TPSA) is 73.5 Å². The van der Waals surface area contributed by atoms with E-state index >= 15 is 0 Å². The van der Waals surface area contributed by atoms with Gasteiger partial charge in [0.1, 0.15) is 6.73 Å². The highest BCUT2D eigenvalue weighted by Gasteiger charge is 2.21. The Morgan fingerprint density at radius 2 is 1.83 bits per heavy atom. The first kappa shape index (κ1) is 17.0. The summed E-state index contributed by atoms with van der Waals surface area (Å²) in [7, 11) is 0. The molecule has 1 aromatic carbocycles. The van der Waals surface area contributed by atoms with E-state index in [-0.39, 0.29) is 17.4 Å². The molecule has 124 valence electrons. The van der Waals surface area contributed by atoms with Gasteiger partial charge in [0.05, 0.1) is 0 Å². The van der Waals surface area contributed by atoms with Crippen molar-refractivity contribution in [1.29, 1.82) is 0 Å². The van der Waals surface area contributed by atoms with Crippen molar-refractivity contribution in [3.63, 3.8) is 0 Å². The zero-order valence-corrected chi connectivity index (χ0v) is 13.7. The first-order valence-electron chi connectivity index (χ1n) is 7.66. The summed E-state index contributed by atoms with van der Waals surface area (Å²) in [5.74, 6) is -0.0595. The lowest BCUT2D eigenvalue weighted by Crippen LogP contribution is -2.43. The summed E-state index contributed by atoms with van der Waals surface area (Å²) in [5.41, 5.74) is 0.503. The fourth-order valence-corrected chi connectivity index (χ4v) is 2.64. The summed E-state index contributed by atoms with van der Waals surface area (Å²) in [6.07, 6.45) is 0.347. The van der Waals surface area contributed by atoms with Gasteiger partial charge in [-0.1, -0.05) is 48.9 Å². The molecule has 0 aliphatic carbocycles. The van der Waals surface area contributed by atoms with Crippen LogP contribution in [-0.4, -0.2) is 21.1 Å². The summed E-state index contributed by atoms with van der Waals surface area (Å²) in [6.45, 7) is 6.08. The van der Waals surface area contributed by atoms with E-state index in [0.717, 1.165) is 5.56 Å². The second-order valence-corrected chi connectivity index (χ2v) is 5.63. The monoisotopic (exact) mass is 318 g/mol. The predicted octanol–water partition coefficient (Wildman–Crippen LogP) is 1.96. The van der Waals surface area contributed by atoms with Crippen molar-refractivity contribution in [2.75, 3.05) is 6.61 Å². The Hall–Kier alpha value is -2.34. The molecule has 2 aromatic rings. The molecule has 0 fully saturated rings. The first-order valence-corrected chi connectivity index (χ1v) is 7.66. The van der Waals surface area contributed by atoms with E-state index in [1.165, 1.54) is 4.57 Å². The van der Waals surface area contributed by atoms with E-state index in [1.807, 2.05) is 51.1 Å². The maximum absolute atomic E-state index is 12.4. The molecule has 6 heteroatoms. The SMILES string of the molecule is CCOCn1c(C(C)C)c(Cc2ccccc2)c(=O)n(O)c1=O. The van der Waals surface area contributed by atoms with Crippen LogP contribution < -0.4 is 11.2 Å². The Morgan fingerprint density at radius 3 is 2.39 bits per heavy atom. The van der Waals surface area contributed by atoms with Crippen molar-refractivity contribution in [2.45, 2.75) is 39.8 Å². The minimum absolute atomic E-state index is 0.00543. The normalized spacial score (nSPS) is 11.1. The molecule has 0 spiro atoms. The second-order valence-electron chi connectivity index (χ2n) is 5.63. The minimum atomic E-state index is -0.774. The van der Waals surface area contributed by atoms with Crippen LogP contribution in [0, 0.1) is 0 Å². The van der Waals surface area contributed by atoms with Crippen LogP contribution in [0.3, 0.4) is 0 Å². The first-order chi connectivity index (χ1) is 11.0. The van der Waals surface area contributed by atoms with Gasteiger partial charge in [-0.15, -0.1) is 0 Å². The minimum Gasteiger partial charge on any atom is -0.421 e. The Balaban J connectivity index is 2.66. The van der Waals surface area contributed by atoms with Gasteiger partial charge in [0.2, 0.25) is 0 Å². The molecule has 1 N–H and O–H groups in total. The molecule has 0 radical (unpaired) electrons. The maximum Gasteiger partial charge on any atom is 0.366 e. The Kier molecular flexibility index (Phi) is 5.39. The lowest BCUT2D eigenvalue weighted by Gasteiger charge is -2.20. The molecule has 1 heterocycles. The lowest BCUT2D eigenvalue weighted by atomic mass is 9.98. The average Bonchev–Trinajstić information content (AvgIpc) is 2.54. The van der Waals surface area contributed by atoms with Crippen molar-refractivity contribution >= 4 is 0 Å². The Morgan fingerprint density at radius 1 is 1.17 bits per heavy atom. The largest absolute Gasteiger partial charge is 0.421 e. The predicted molar refractivity (Wildman–Crippen MR) is 87.1 cm³/mol. The van der Waals surface area contributed by atoms with Crippen molar-refractivity contribution in [1.82, 2.24) is 9.30 Å².